The van der Waals surface area contributed by atoms with Gasteiger partial charge in [0.1, 0.15) is 16.5 Å². The van der Waals surface area contributed by atoms with Crippen molar-refractivity contribution in [3.05, 3.63) is 16.0 Å². The van der Waals surface area contributed by atoms with Crippen molar-refractivity contribution >= 4 is 39.3 Å². The molecule has 1 saturated carbocycles. The van der Waals surface area contributed by atoms with Gasteiger partial charge in [-0.05, 0) is 28.8 Å². The number of halogens is 2. The van der Waals surface area contributed by atoms with Gasteiger partial charge in [0.2, 0.25) is 0 Å². The molecule has 1 heterocycles. The summed E-state index contributed by atoms with van der Waals surface area (Å²) in [5, 5.41) is 2.17. The van der Waals surface area contributed by atoms with Gasteiger partial charge < -0.3 is 0 Å². The standard InChI is InChI=1S/C10H12BrClN2S/c11-8-9(12)13-6-14-10(8)15-7-4-2-1-3-5-7/h6-7H,1-5H2. The van der Waals surface area contributed by atoms with E-state index in [4.69, 9.17) is 11.6 Å². The lowest BCUT2D eigenvalue weighted by atomic mass is 10.0. The Balaban J connectivity index is 2.06. The molecule has 0 atom stereocenters. The minimum absolute atomic E-state index is 0.503. The van der Waals surface area contributed by atoms with Gasteiger partial charge in [-0.25, -0.2) is 9.97 Å². The molecule has 0 spiro atoms. The summed E-state index contributed by atoms with van der Waals surface area (Å²) in [6.07, 6.45) is 8.17. The second kappa shape index (κ2) is 5.51. The lowest BCUT2D eigenvalue weighted by molar-refractivity contribution is 0.515. The number of rotatable bonds is 2. The van der Waals surface area contributed by atoms with Crippen LogP contribution in [0.4, 0.5) is 0 Å². The molecule has 0 bridgehead atoms. The maximum absolute atomic E-state index is 5.92. The van der Waals surface area contributed by atoms with E-state index in [2.05, 4.69) is 25.9 Å². The van der Waals surface area contributed by atoms with Crippen molar-refractivity contribution in [1.82, 2.24) is 9.97 Å². The van der Waals surface area contributed by atoms with E-state index in [0.29, 0.717) is 10.4 Å². The summed E-state index contributed by atoms with van der Waals surface area (Å²) in [5.41, 5.74) is 0. The number of hydrogen-bond acceptors (Lipinski definition) is 3. The Morgan fingerprint density at radius 3 is 2.73 bits per heavy atom. The third kappa shape index (κ3) is 3.08. The molecule has 0 N–H and O–H groups in total. The Labute approximate surface area is 107 Å². The monoisotopic (exact) mass is 306 g/mol. The van der Waals surface area contributed by atoms with Crippen LogP contribution in [0, 0.1) is 0 Å². The van der Waals surface area contributed by atoms with E-state index in [0.717, 1.165) is 9.50 Å². The van der Waals surface area contributed by atoms with Crippen molar-refractivity contribution in [2.24, 2.45) is 0 Å². The zero-order valence-corrected chi connectivity index (χ0v) is 11.4. The van der Waals surface area contributed by atoms with Gasteiger partial charge in [0.15, 0.2) is 0 Å². The summed E-state index contributed by atoms with van der Waals surface area (Å²) >= 11 is 11.2. The van der Waals surface area contributed by atoms with E-state index in [-0.39, 0.29) is 0 Å². The molecule has 0 amide bonds. The number of aromatic nitrogens is 2. The van der Waals surface area contributed by atoms with Crippen molar-refractivity contribution in [1.29, 1.82) is 0 Å². The van der Waals surface area contributed by atoms with Gasteiger partial charge in [0.05, 0.1) is 4.47 Å². The molecule has 0 radical (unpaired) electrons. The average molecular weight is 308 g/mol. The van der Waals surface area contributed by atoms with Gasteiger partial charge in [0, 0.05) is 5.25 Å². The number of thioether (sulfide) groups is 1. The third-order valence-corrected chi connectivity index (χ3v) is 5.41. The Bertz CT molecular complexity index is 342. The van der Waals surface area contributed by atoms with Crippen LogP contribution in [0.3, 0.4) is 0 Å². The average Bonchev–Trinajstić information content (AvgIpc) is 2.26. The molecule has 1 aromatic heterocycles. The minimum Gasteiger partial charge on any atom is -0.229 e. The lowest BCUT2D eigenvalue weighted by Crippen LogP contribution is -2.08. The molecule has 1 aliphatic carbocycles. The highest BCUT2D eigenvalue weighted by Crippen LogP contribution is 2.37. The summed E-state index contributed by atoms with van der Waals surface area (Å²) in [6, 6.07) is 0. The highest BCUT2D eigenvalue weighted by molar-refractivity contribution is 9.10. The van der Waals surface area contributed by atoms with Crippen LogP contribution in [0.2, 0.25) is 5.15 Å². The van der Waals surface area contributed by atoms with Crippen molar-refractivity contribution < 1.29 is 0 Å². The molecule has 15 heavy (non-hydrogen) atoms. The Morgan fingerprint density at radius 2 is 2.00 bits per heavy atom. The fraction of sp³-hybridized carbons (Fsp3) is 0.600. The maximum Gasteiger partial charge on any atom is 0.147 e. The fourth-order valence-corrected chi connectivity index (χ4v) is 3.62. The molecule has 5 heteroatoms. The highest BCUT2D eigenvalue weighted by atomic mass is 79.9. The zero-order chi connectivity index (χ0) is 10.7. The van der Waals surface area contributed by atoms with Crippen LogP contribution in [0.15, 0.2) is 15.8 Å². The van der Waals surface area contributed by atoms with Crippen molar-refractivity contribution in [2.75, 3.05) is 0 Å². The summed E-state index contributed by atoms with van der Waals surface area (Å²) < 4.78 is 0.835. The molecular weight excluding hydrogens is 296 g/mol. The summed E-state index contributed by atoms with van der Waals surface area (Å²) in [5.74, 6) is 0. The predicted octanol–water partition coefficient (Wildman–Crippen LogP) is 4.32. The molecule has 0 aliphatic heterocycles. The predicted molar refractivity (Wildman–Crippen MR) is 67.5 cm³/mol. The van der Waals surface area contributed by atoms with Crippen LogP contribution in [0.25, 0.3) is 0 Å². The van der Waals surface area contributed by atoms with Crippen LogP contribution in [-0.4, -0.2) is 15.2 Å². The Kier molecular flexibility index (Phi) is 4.29. The first-order chi connectivity index (χ1) is 7.27. The van der Waals surface area contributed by atoms with Crippen LogP contribution >= 0.6 is 39.3 Å². The van der Waals surface area contributed by atoms with Crippen molar-refractivity contribution in [2.45, 2.75) is 42.4 Å². The Morgan fingerprint density at radius 1 is 1.27 bits per heavy atom. The number of nitrogens with zero attached hydrogens (tertiary/aromatic N) is 2. The summed E-state index contributed by atoms with van der Waals surface area (Å²) in [4.78, 5) is 8.18. The van der Waals surface area contributed by atoms with Gasteiger partial charge in [-0.15, -0.1) is 11.8 Å². The normalized spacial score (nSPS) is 18.0. The van der Waals surface area contributed by atoms with Crippen molar-refractivity contribution in [3.63, 3.8) is 0 Å². The van der Waals surface area contributed by atoms with E-state index in [9.17, 15) is 0 Å². The van der Waals surface area contributed by atoms with E-state index >= 15 is 0 Å². The smallest absolute Gasteiger partial charge is 0.147 e. The van der Waals surface area contributed by atoms with Gasteiger partial charge >= 0.3 is 0 Å². The fourth-order valence-electron chi connectivity index (χ4n) is 1.76. The lowest BCUT2D eigenvalue weighted by Gasteiger charge is -2.20. The van der Waals surface area contributed by atoms with E-state index in [1.54, 1.807) is 0 Å². The van der Waals surface area contributed by atoms with E-state index < -0.39 is 0 Å². The van der Waals surface area contributed by atoms with E-state index in [1.807, 2.05) is 11.8 Å². The maximum atomic E-state index is 5.92. The first-order valence-electron chi connectivity index (χ1n) is 5.10. The largest absolute Gasteiger partial charge is 0.229 e. The molecule has 1 fully saturated rings. The summed E-state index contributed by atoms with van der Waals surface area (Å²) in [7, 11) is 0. The Hall–Kier alpha value is 0.200. The second-order valence-corrected chi connectivity index (χ2v) is 6.10. The number of hydrogen-bond donors (Lipinski definition) is 0. The first kappa shape index (κ1) is 11.7. The second-order valence-electron chi connectivity index (χ2n) is 3.66. The zero-order valence-electron chi connectivity index (χ0n) is 8.25. The topological polar surface area (TPSA) is 25.8 Å². The molecule has 0 aromatic carbocycles. The van der Waals surface area contributed by atoms with Crippen LogP contribution in [0.5, 0.6) is 0 Å². The molecule has 82 valence electrons. The van der Waals surface area contributed by atoms with Crippen LogP contribution in [-0.2, 0) is 0 Å². The first-order valence-corrected chi connectivity index (χ1v) is 7.15. The summed E-state index contributed by atoms with van der Waals surface area (Å²) in [6.45, 7) is 0. The van der Waals surface area contributed by atoms with Gasteiger partial charge in [-0.2, -0.15) is 0 Å². The molecule has 2 nitrogen and oxygen atoms in total. The van der Waals surface area contributed by atoms with Gasteiger partial charge in [-0.1, -0.05) is 30.9 Å². The molecule has 0 saturated heterocycles. The molecule has 0 unspecified atom stereocenters. The van der Waals surface area contributed by atoms with Gasteiger partial charge in [0.25, 0.3) is 0 Å². The minimum atomic E-state index is 0.503. The molecule has 1 aromatic rings. The molecular formula is C10H12BrClN2S. The SMILES string of the molecule is Clc1ncnc(SC2CCCCC2)c1Br. The quantitative estimate of drug-likeness (QED) is 0.761. The van der Waals surface area contributed by atoms with Gasteiger partial charge in [-0.3, -0.25) is 0 Å². The van der Waals surface area contributed by atoms with Crippen molar-refractivity contribution in [3.8, 4) is 0 Å². The van der Waals surface area contributed by atoms with E-state index in [1.165, 1.54) is 38.4 Å². The highest BCUT2D eigenvalue weighted by Gasteiger charge is 2.17. The third-order valence-electron chi connectivity index (χ3n) is 2.55. The van der Waals surface area contributed by atoms with Crippen LogP contribution in [0.1, 0.15) is 32.1 Å². The molecule has 1 aliphatic rings. The van der Waals surface area contributed by atoms with Crippen LogP contribution < -0.4 is 0 Å². The molecule has 2 rings (SSSR count).